The third-order valence-electron chi connectivity index (χ3n) is 3.09. The van der Waals surface area contributed by atoms with Crippen LogP contribution in [-0.4, -0.2) is 11.3 Å². The van der Waals surface area contributed by atoms with Crippen LogP contribution in [0.25, 0.3) is 0 Å². The van der Waals surface area contributed by atoms with Crippen molar-refractivity contribution in [1.29, 1.82) is 0 Å². The minimum atomic E-state index is -1.27. The second kappa shape index (κ2) is 6.09. The largest absolute Gasteiger partial charge is 0.497 e. The van der Waals surface area contributed by atoms with Gasteiger partial charge in [0.05, 0.1) is 12.0 Å². The van der Waals surface area contributed by atoms with Crippen molar-refractivity contribution in [3.05, 3.63) is 53.1 Å². The minimum absolute atomic E-state index is 0.782. The molecule has 20 heavy (non-hydrogen) atoms. The molecule has 0 aromatic heterocycles. The van der Waals surface area contributed by atoms with Gasteiger partial charge in [0.2, 0.25) is 0 Å². The molecule has 0 heterocycles. The standard InChI is InChI=1S/C16H19NO2S/c1-11-9-12(2)16(13(3)10-11)20(18)17-14-5-7-15(19-4)8-6-14/h5-10,17H,1-4H3/t20-/m0/s1. The summed E-state index contributed by atoms with van der Waals surface area (Å²) in [5, 5.41) is 0. The van der Waals surface area contributed by atoms with Gasteiger partial charge in [-0.05, 0) is 56.2 Å². The van der Waals surface area contributed by atoms with Crippen molar-refractivity contribution in [3.8, 4) is 5.75 Å². The van der Waals surface area contributed by atoms with Crippen LogP contribution in [0.4, 0.5) is 5.69 Å². The maximum Gasteiger partial charge on any atom is 0.150 e. The first-order chi connectivity index (χ1) is 9.51. The summed E-state index contributed by atoms with van der Waals surface area (Å²) in [6.45, 7) is 6.02. The van der Waals surface area contributed by atoms with Crippen LogP contribution in [0.3, 0.4) is 0 Å². The topological polar surface area (TPSA) is 38.3 Å². The molecule has 0 unspecified atom stereocenters. The number of aryl methyl sites for hydroxylation is 3. The van der Waals surface area contributed by atoms with Crippen LogP contribution in [0.5, 0.6) is 5.75 Å². The first kappa shape index (κ1) is 14.6. The van der Waals surface area contributed by atoms with Gasteiger partial charge in [-0.3, -0.25) is 0 Å². The van der Waals surface area contributed by atoms with Gasteiger partial charge in [-0.15, -0.1) is 0 Å². The third-order valence-corrected chi connectivity index (χ3v) is 4.53. The van der Waals surface area contributed by atoms with E-state index in [0.29, 0.717) is 0 Å². The Morgan fingerprint density at radius 3 is 2.05 bits per heavy atom. The highest BCUT2D eigenvalue weighted by molar-refractivity contribution is 7.86. The molecular weight excluding hydrogens is 270 g/mol. The maximum absolute atomic E-state index is 12.5. The Labute approximate surface area is 122 Å². The van der Waals surface area contributed by atoms with Gasteiger partial charge >= 0.3 is 0 Å². The van der Waals surface area contributed by atoms with Crippen molar-refractivity contribution in [2.45, 2.75) is 25.7 Å². The van der Waals surface area contributed by atoms with Crippen LogP contribution in [0.2, 0.25) is 0 Å². The van der Waals surface area contributed by atoms with E-state index < -0.39 is 11.0 Å². The third kappa shape index (κ3) is 3.20. The molecule has 0 saturated heterocycles. The summed E-state index contributed by atoms with van der Waals surface area (Å²) in [6.07, 6.45) is 0. The Hall–Kier alpha value is -1.81. The number of benzene rings is 2. The zero-order valence-corrected chi connectivity index (χ0v) is 13.0. The normalized spacial score (nSPS) is 12.0. The van der Waals surface area contributed by atoms with Crippen molar-refractivity contribution >= 4 is 16.7 Å². The molecule has 0 spiro atoms. The van der Waals surface area contributed by atoms with Crippen LogP contribution < -0.4 is 9.46 Å². The van der Waals surface area contributed by atoms with E-state index in [2.05, 4.69) is 16.9 Å². The van der Waals surface area contributed by atoms with E-state index >= 15 is 0 Å². The molecule has 0 amide bonds. The van der Waals surface area contributed by atoms with Gasteiger partial charge in [0.25, 0.3) is 0 Å². The van der Waals surface area contributed by atoms with E-state index in [1.54, 1.807) is 7.11 Å². The molecule has 2 aromatic rings. The molecule has 0 radical (unpaired) electrons. The molecule has 0 aliphatic heterocycles. The molecular formula is C16H19NO2S. The first-order valence-corrected chi connectivity index (χ1v) is 7.56. The average Bonchev–Trinajstić information content (AvgIpc) is 2.38. The molecule has 0 fully saturated rings. The number of hydrogen-bond donors (Lipinski definition) is 1. The molecule has 2 rings (SSSR count). The van der Waals surface area contributed by atoms with Gasteiger partial charge in [0, 0.05) is 5.69 Å². The monoisotopic (exact) mass is 289 g/mol. The fourth-order valence-electron chi connectivity index (χ4n) is 2.28. The second-order valence-electron chi connectivity index (χ2n) is 4.83. The predicted octanol–water partition coefficient (Wildman–Crippen LogP) is 3.76. The SMILES string of the molecule is COc1ccc(N[S@@](=O)c2c(C)cc(C)cc2C)cc1. The lowest BCUT2D eigenvalue weighted by Gasteiger charge is -2.12. The lowest BCUT2D eigenvalue weighted by Crippen LogP contribution is -2.08. The van der Waals surface area contributed by atoms with Crippen molar-refractivity contribution in [2.24, 2.45) is 0 Å². The molecule has 106 valence electrons. The van der Waals surface area contributed by atoms with Crippen molar-refractivity contribution < 1.29 is 8.95 Å². The first-order valence-electron chi connectivity index (χ1n) is 6.41. The highest BCUT2D eigenvalue weighted by atomic mass is 32.2. The summed E-state index contributed by atoms with van der Waals surface area (Å²) in [4.78, 5) is 0.853. The second-order valence-corrected chi connectivity index (χ2v) is 5.98. The van der Waals surface area contributed by atoms with E-state index in [9.17, 15) is 4.21 Å². The van der Waals surface area contributed by atoms with E-state index in [1.807, 2.05) is 45.0 Å². The molecule has 2 aromatic carbocycles. The Morgan fingerprint density at radius 2 is 1.55 bits per heavy atom. The Bertz CT molecular complexity index is 612. The lowest BCUT2D eigenvalue weighted by atomic mass is 10.1. The van der Waals surface area contributed by atoms with E-state index in [0.717, 1.165) is 27.5 Å². The summed E-state index contributed by atoms with van der Waals surface area (Å²) >= 11 is 0. The molecule has 1 N–H and O–H groups in total. The summed E-state index contributed by atoms with van der Waals surface area (Å²) < 4.78 is 20.6. The van der Waals surface area contributed by atoms with Gasteiger partial charge in [0.15, 0.2) is 11.0 Å². The Morgan fingerprint density at radius 1 is 1.00 bits per heavy atom. The van der Waals surface area contributed by atoms with Gasteiger partial charge < -0.3 is 9.46 Å². The van der Waals surface area contributed by atoms with Crippen LogP contribution in [0, 0.1) is 20.8 Å². The zero-order valence-electron chi connectivity index (χ0n) is 12.2. The number of ether oxygens (including phenoxy) is 1. The lowest BCUT2D eigenvalue weighted by molar-refractivity contribution is 0.415. The molecule has 0 aliphatic carbocycles. The molecule has 4 heteroatoms. The summed E-state index contributed by atoms with van der Waals surface area (Å²) in [5.41, 5.74) is 4.08. The van der Waals surface area contributed by atoms with Crippen molar-refractivity contribution in [3.63, 3.8) is 0 Å². The van der Waals surface area contributed by atoms with Crippen LogP contribution in [0.1, 0.15) is 16.7 Å². The van der Waals surface area contributed by atoms with Crippen molar-refractivity contribution in [2.75, 3.05) is 11.8 Å². The number of hydrogen-bond acceptors (Lipinski definition) is 2. The molecule has 1 atom stereocenters. The van der Waals surface area contributed by atoms with Gasteiger partial charge in [0.1, 0.15) is 5.75 Å². The van der Waals surface area contributed by atoms with E-state index in [-0.39, 0.29) is 0 Å². The van der Waals surface area contributed by atoms with Gasteiger partial charge in [-0.1, -0.05) is 17.7 Å². The van der Waals surface area contributed by atoms with E-state index in [4.69, 9.17) is 4.74 Å². The number of nitrogens with one attached hydrogen (secondary N) is 1. The smallest absolute Gasteiger partial charge is 0.150 e. The van der Waals surface area contributed by atoms with Gasteiger partial charge in [-0.25, -0.2) is 4.21 Å². The molecule has 0 aliphatic rings. The number of rotatable bonds is 4. The highest BCUT2D eigenvalue weighted by Crippen LogP contribution is 2.22. The van der Waals surface area contributed by atoms with Crippen LogP contribution >= 0.6 is 0 Å². The zero-order chi connectivity index (χ0) is 14.7. The maximum atomic E-state index is 12.5. The molecule has 0 saturated carbocycles. The van der Waals surface area contributed by atoms with Crippen molar-refractivity contribution in [1.82, 2.24) is 0 Å². The van der Waals surface area contributed by atoms with E-state index in [1.165, 1.54) is 5.56 Å². The van der Waals surface area contributed by atoms with Gasteiger partial charge in [-0.2, -0.15) is 0 Å². The predicted molar refractivity (Wildman–Crippen MR) is 83.7 cm³/mol. The summed E-state index contributed by atoms with van der Waals surface area (Å²) in [6, 6.07) is 11.5. The van der Waals surface area contributed by atoms with Crippen LogP contribution in [-0.2, 0) is 11.0 Å². The molecule has 0 bridgehead atoms. The quantitative estimate of drug-likeness (QED) is 0.930. The highest BCUT2D eigenvalue weighted by Gasteiger charge is 2.11. The fourth-order valence-corrected chi connectivity index (χ4v) is 3.43. The molecule has 3 nitrogen and oxygen atoms in total. The van der Waals surface area contributed by atoms with Crippen LogP contribution in [0.15, 0.2) is 41.3 Å². The summed E-state index contributed by atoms with van der Waals surface area (Å²) in [7, 11) is 0.359. The average molecular weight is 289 g/mol. The summed E-state index contributed by atoms with van der Waals surface area (Å²) in [5.74, 6) is 0.782. The number of anilines is 1. The fraction of sp³-hybridized carbons (Fsp3) is 0.250. The number of methoxy groups -OCH3 is 1. The minimum Gasteiger partial charge on any atom is -0.497 e. The Kier molecular flexibility index (Phi) is 4.45. The Balaban J connectivity index is 2.23.